The zero-order valence-corrected chi connectivity index (χ0v) is 9.92. The van der Waals surface area contributed by atoms with Crippen molar-refractivity contribution in [2.24, 2.45) is 5.73 Å². The number of fused-ring (bicyclic) bond motifs is 1. The summed E-state index contributed by atoms with van der Waals surface area (Å²) >= 11 is 0. The van der Waals surface area contributed by atoms with Crippen LogP contribution in [-0.4, -0.2) is 4.57 Å². The van der Waals surface area contributed by atoms with E-state index in [1.54, 1.807) is 6.07 Å². The highest BCUT2D eigenvalue weighted by atomic mass is 19.1. The molecular formula is C13H17FN2. The van der Waals surface area contributed by atoms with Crippen molar-refractivity contribution in [3.05, 3.63) is 35.8 Å². The number of rotatable bonds is 2. The lowest BCUT2D eigenvalue weighted by Gasteiger charge is -2.21. The van der Waals surface area contributed by atoms with Gasteiger partial charge in [-0.15, -0.1) is 0 Å². The maximum atomic E-state index is 13.6. The SMILES string of the molecule is CCn1c(C(C)(C)N)cc2c(F)cccc21. The summed E-state index contributed by atoms with van der Waals surface area (Å²) in [6.07, 6.45) is 0. The van der Waals surface area contributed by atoms with Gasteiger partial charge >= 0.3 is 0 Å². The van der Waals surface area contributed by atoms with Gasteiger partial charge in [-0.05, 0) is 39.0 Å². The second-order valence-corrected chi connectivity index (χ2v) is 4.67. The first kappa shape index (κ1) is 11.1. The van der Waals surface area contributed by atoms with E-state index in [2.05, 4.69) is 4.57 Å². The Morgan fingerprint density at radius 2 is 2.06 bits per heavy atom. The first-order valence-electron chi connectivity index (χ1n) is 5.52. The summed E-state index contributed by atoms with van der Waals surface area (Å²) < 4.78 is 15.7. The minimum Gasteiger partial charge on any atom is -0.343 e. The lowest BCUT2D eigenvalue weighted by atomic mass is 10.0. The molecule has 1 aromatic carbocycles. The van der Waals surface area contributed by atoms with Crippen LogP contribution in [0.3, 0.4) is 0 Å². The molecule has 0 bridgehead atoms. The smallest absolute Gasteiger partial charge is 0.132 e. The molecule has 0 amide bonds. The van der Waals surface area contributed by atoms with Crippen molar-refractivity contribution in [2.75, 3.05) is 0 Å². The van der Waals surface area contributed by atoms with E-state index >= 15 is 0 Å². The molecule has 1 heterocycles. The third-order valence-electron chi connectivity index (χ3n) is 2.87. The minimum absolute atomic E-state index is 0.185. The molecule has 0 atom stereocenters. The fraction of sp³-hybridized carbons (Fsp3) is 0.385. The first-order valence-corrected chi connectivity index (χ1v) is 5.52. The van der Waals surface area contributed by atoms with Crippen molar-refractivity contribution in [1.82, 2.24) is 4.57 Å². The molecule has 86 valence electrons. The summed E-state index contributed by atoms with van der Waals surface area (Å²) in [6, 6.07) is 7.00. The lowest BCUT2D eigenvalue weighted by Crippen LogP contribution is -2.31. The quantitative estimate of drug-likeness (QED) is 0.828. The summed E-state index contributed by atoms with van der Waals surface area (Å²) in [5.74, 6) is -0.185. The molecule has 0 radical (unpaired) electrons. The average Bonchev–Trinajstić information content (AvgIpc) is 2.57. The van der Waals surface area contributed by atoms with Gasteiger partial charge in [0, 0.05) is 17.6 Å². The molecule has 0 saturated heterocycles. The second-order valence-electron chi connectivity index (χ2n) is 4.67. The van der Waals surface area contributed by atoms with Crippen molar-refractivity contribution >= 4 is 10.9 Å². The molecule has 0 saturated carbocycles. The van der Waals surface area contributed by atoms with Crippen LogP contribution in [0, 0.1) is 5.82 Å². The van der Waals surface area contributed by atoms with E-state index in [1.165, 1.54) is 6.07 Å². The second kappa shape index (κ2) is 3.59. The Morgan fingerprint density at radius 1 is 1.38 bits per heavy atom. The van der Waals surface area contributed by atoms with Crippen molar-refractivity contribution < 1.29 is 4.39 Å². The summed E-state index contributed by atoms with van der Waals surface area (Å²) in [5, 5.41) is 0.651. The largest absolute Gasteiger partial charge is 0.343 e. The Bertz CT molecular complexity index is 520. The number of halogens is 1. The Morgan fingerprint density at radius 3 is 2.62 bits per heavy atom. The zero-order chi connectivity index (χ0) is 11.9. The number of nitrogens with zero attached hydrogens (tertiary/aromatic N) is 1. The molecule has 1 aromatic heterocycles. The van der Waals surface area contributed by atoms with Crippen molar-refractivity contribution in [2.45, 2.75) is 32.9 Å². The van der Waals surface area contributed by atoms with E-state index in [4.69, 9.17) is 5.73 Å². The molecule has 0 spiro atoms. The molecule has 0 aliphatic rings. The van der Waals surface area contributed by atoms with Gasteiger partial charge in [-0.1, -0.05) is 6.07 Å². The van der Waals surface area contributed by atoms with Crippen LogP contribution in [-0.2, 0) is 12.1 Å². The average molecular weight is 220 g/mol. The number of aromatic nitrogens is 1. The third-order valence-corrected chi connectivity index (χ3v) is 2.87. The summed E-state index contributed by atoms with van der Waals surface area (Å²) in [4.78, 5) is 0. The van der Waals surface area contributed by atoms with Gasteiger partial charge in [0.05, 0.1) is 11.1 Å². The van der Waals surface area contributed by atoms with Crippen LogP contribution in [0.5, 0.6) is 0 Å². The Balaban J connectivity index is 2.81. The van der Waals surface area contributed by atoms with Gasteiger partial charge in [0.25, 0.3) is 0 Å². The number of hydrogen-bond acceptors (Lipinski definition) is 1. The molecule has 2 aromatic rings. The predicted molar refractivity (Wildman–Crippen MR) is 64.8 cm³/mol. The molecule has 2 N–H and O–H groups in total. The van der Waals surface area contributed by atoms with E-state index in [0.29, 0.717) is 5.39 Å². The van der Waals surface area contributed by atoms with Crippen LogP contribution in [0.1, 0.15) is 26.5 Å². The van der Waals surface area contributed by atoms with Crippen LogP contribution in [0.15, 0.2) is 24.3 Å². The summed E-state index contributed by atoms with van der Waals surface area (Å²) in [7, 11) is 0. The van der Waals surface area contributed by atoms with Gasteiger partial charge in [-0.25, -0.2) is 4.39 Å². The molecule has 0 unspecified atom stereocenters. The molecule has 2 nitrogen and oxygen atoms in total. The van der Waals surface area contributed by atoms with Crippen LogP contribution >= 0.6 is 0 Å². The lowest BCUT2D eigenvalue weighted by molar-refractivity contribution is 0.504. The minimum atomic E-state index is -0.457. The van der Waals surface area contributed by atoms with Crippen LogP contribution in [0.2, 0.25) is 0 Å². The molecule has 2 rings (SSSR count). The van der Waals surface area contributed by atoms with Gasteiger partial charge in [0.1, 0.15) is 5.82 Å². The number of benzene rings is 1. The summed E-state index contributed by atoms with van der Waals surface area (Å²) in [5.41, 5.74) is 7.53. The molecular weight excluding hydrogens is 203 g/mol. The molecule has 3 heteroatoms. The number of hydrogen-bond donors (Lipinski definition) is 1. The van der Waals surface area contributed by atoms with Gasteiger partial charge in [-0.3, -0.25) is 0 Å². The molecule has 0 aliphatic carbocycles. The van der Waals surface area contributed by atoms with Crippen LogP contribution in [0.25, 0.3) is 10.9 Å². The highest BCUT2D eigenvalue weighted by Gasteiger charge is 2.21. The fourth-order valence-electron chi connectivity index (χ4n) is 2.12. The maximum absolute atomic E-state index is 13.6. The van der Waals surface area contributed by atoms with Gasteiger partial charge in [0.2, 0.25) is 0 Å². The number of aryl methyl sites for hydroxylation is 1. The van der Waals surface area contributed by atoms with Crippen molar-refractivity contribution in [1.29, 1.82) is 0 Å². The van der Waals surface area contributed by atoms with Gasteiger partial charge in [-0.2, -0.15) is 0 Å². The molecule has 0 fully saturated rings. The van der Waals surface area contributed by atoms with Crippen LogP contribution in [0.4, 0.5) is 4.39 Å². The summed E-state index contributed by atoms with van der Waals surface area (Å²) in [6.45, 7) is 6.71. The van der Waals surface area contributed by atoms with E-state index in [-0.39, 0.29) is 5.82 Å². The standard InChI is InChI=1S/C13H17FN2/c1-4-16-11-7-5-6-10(14)9(11)8-12(16)13(2,3)15/h5-8H,4,15H2,1-3H3. The van der Waals surface area contributed by atoms with Crippen molar-refractivity contribution in [3.8, 4) is 0 Å². The Kier molecular flexibility index (Phi) is 2.50. The van der Waals surface area contributed by atoms with E-state index in [0.717, 1.165) is 17.8 Å². The fourth-order valence-corrected chi connectivity index (χ4v) is 2.12. The van der Waals surface area contributed by atoms with Gasteiger partial charge in [0.15, 0.2) is 0 Å². The van der Waals surface area contributed by atoms with Crippen LogP contribution < -0.4 is 5.73 Å². The first-order chi connectivity index (χ1) is 7.45. The molecule has 0 aliphatic heterocycles. The normalized spacial score (nSPS) is 12.3. The maximum Gasteiger partial charge on any atom is 0.132 e. The topological polar surface area (TPSA) is 30.9 Å². The highest BCUT2D eigenvalue weighted by Crippen LogP contribution is 2.28. The highest BCUT2D eigenvalue weighted by molar-refractivity contribution is 5.82. The Labute approximate surface area is 94.9 Å². The van der Waals surface area contributed by atoms with Gasteiger partial charge < -0.3 is 10.3 Å². The Hall–Kier alpha value is -1.35. The zero-order valence-electron chi connectivity index (χ0n) is 9.92. The monoisotopic (exact) mass is 220 g/mol. The van der Waals surface area contributed by atoms with Crippen molar-refractivity contribution in [3.63, 3.8) is 0 Å². The third kappa shape index (κ3) is 1.61. The predicted octanol–water partition coefficient (Wildman–Crippen LogP) is 2.99. The van der Waals surface area contributed by atoms with E-state index in [9.17, 15) is 4.39 Å². The van der Waals surface area contributed by atoms with E-state index in [1.807, 2.05) is 32.9 Å². The molecule has 16 heavy (non-hydrogen) atoms. The van der Waals surface area contributed by atoms with E-state index < -0.39 is 5.54 Å². The number of nitrogens with two attached hydrogens (primary N) is 1.